The van der Waals surface area contributed by atoms with Gasteiger partial charge in [-0.25, -0.2) is 8.42 Å². The Morgan fingerprint density at radius 1 is 0.897 bits per heavy atom. The number of thiocarbonyl (C=S) groups is 1. The van der Waals surface area contributed by atoms with Gasteiger partial charge in [0.05, 0.1) is 15.6 Å². The Kier molecular flexibility index (Phi) is 6.76. The number of anilines is 3. The third-order valence-corrected chi connectivity index (χ3v) is 5.80. The molecule has 150 valence electrons. The Morgan fingerprint density at radius 2 is 1.62 bits per heavy atom. The van der Waals surface area contributed by atoms with Gasteiger partial charge in [-0.2, -0.15) is 0 Å². The zero-order valence-corrected chi connectivity index (χ0v) is 18.3. The molecule has 1 heterocycles. The molecule has 0 amide bonds. The van der Waals surface area contributed by atoms with Gasteiger partial charge in [0.25, 0.3) is 10.0 Å². The minimum atomic E-state index is -3.83. The van der Waals surface area contributed by atoms with Gasteiger partial charge in [0, 0.05) is 10.7 Å². The summed E-state index contributed by atoms with van der Waals surface area (Å²) in [6.07, 6.45) is 0. The van der Waals surface area contributed by atoms with Crippen molar-refractivity contribution in [2.45, 2.75) is 4.90 Å². The van der Waals surface area contributed by atoms with E-state index in [9.17, 15) is 8.42 Å². The standard InChI is InChI=1S/C17H12Cl3N5O2S2/c18-10-1-6-14(13(19)9-10)22-17(28)21-11-2-4-12(5-3-11)29(26,27)25-16-8-7-15(20)23-24-16/h1-9H,(H,24,25)(H2,21,22,28). The van der Waals surface area contributed by atoms with Crippen molar-refractivity contribution in [1.29, 1.82) is 0 Å². The smallest absolute Gasteiger partial charge is 0.263 e. The van der Waals surface area contributed by atoms with Crippen molar-refractivity contribution in [3.8, 4) is 0 Å². The number of sulfonamides is 1. The maximum absolute atomic E-state index is 12.4. The molecule has 0 bridgehead atoms. The number of hydrogen-bond donors (Lipinski definition) is 3. The van der Waals surface area contributed by atoms with Gasteiger partial charge in [-0.05, 0) is 66.8 Å². The normalized spacial score (nSPS) is 11.0. The molecule has 0 spiro atoms. The quantitative estimate of drug-likeness (QED) is 0.433. The fraction of sp³-hybridized carbons (Fsp3) is 0. The zero-order valence-electron chi connectivity index (χ0n) is 14.4. The van der Waals surface area contributed by atoms with E-state index < -0.39 is 10.0 Å². The Balaban J connectivity index is 1.66. The fourth-order valence-electron chi connectivity index (χ4n) is 2.16. The van der Waals surface area contributed by atoms with Gasteiger partial charge in [0.1, 0.15) is 0 Å². The Labute approximate surface area is 187 Å². The average molecular weight is 489 g/mol. The summed E-state index contributed by atoms with van der Waals surface area (Å²) in [5.74, 6) is 0.0572. The molecule has 12 heteroatoms. The predicted octanol–water partition coefficient (Wildman–Crippen LogP) is 5.05. The second-order valence-corrected chi connectivity index (χ2v) is 8.90. The van der Waals surface area contributed by atoms with Crippen LogP contribution in [0.1, 0.15) is 0 Å². The highest BCUT2D eigenvalue weighted by atomic mass is 35.5. The van der Waals surface area contributed by atoms with Crippen LogP contribution in [-0.2, 0) is 10.0 Å². The lowest BCUT2D eigenvalue weighted by atomic mass is 10.3. The monoisotopic (exact) mass is 487 g/mol. The van der Waals surface area contributed by atoms with Crippen LogP contribution < -0.4 is 15.4 Å². The maximum atomic E-state index is 12.4. The first-order valence-corrected chi connectivity index (χ1v) is 10.9. The topological polar surface area (TPSA) is 96.0 Å². The fourth-order valence-corrected chi connectivity index (χ4v) is 3.94. The van der Waals surface area contributed by atoms with E-state index in [2.05, 4.69) is 25.6 Å². The molecular weight excluding hydrogens is 477 g/mol. The molecule has 3 N–H and O–H groups in total. The molecule has 3 rings (SSSR count). The number of hydrogen-bond acceptors (Lipinski definition) is 5. The van der Waals surface area contributed by atoms with Gasteiger partial charge >= 0.3 is 0 Å². The molecule has 0 saturated carbocycles. The van der Waals surface area contributed by atoms with Gasteiger partial charge in [-0.15, -0.1) is 10.2 Å². The molecule has 7 nitrogen and oxygen atoms in total. The molecule has 29 heavy (non-hydrogen) atoms. The number of benzene rings is 2. The minimum absolute atomic E-state index is 0.0411. The number of rotatable bonds is 5. The number of aromatic nitrogens is 2. The van der Waals surface area contributed by atoms with Crippen LogP contribution in [0.3, 0.4) is 0 Å². The highest BCUT2D eigenvalue weighted by Crippen LogP contribution is 2.25. The van der Waals surface area contributed by atoms with E-state index >= 15 is 0 Å². The van der Waals surface area contributed by atoms with E-state index in [4.69, 9.17) is 47.0 Å². The van der Waals surface area contributed by atoms with Crippen molar-refractivity contribution in [2.75, 3.05) is 15.4 Å². The van der Waals surface area contributed by atoms with Crippen molar-refractivity contribution in [3.63, 3.8) is 0 Å². The van der Waals surface area contributed by atoms with E-state index in [1.54, 1.807) is 30.3 Å². The second kappa shape index (κ2) is 9.10. The Morgan fingerprint density at radius 3 is 2.24 bits per heavy atom. The molecule has 0 radical (unpaired) electrons. The summed E-state index contributed by atoms with van der Waals surface area (Å²) in [6.45, 7) is 0. The predicted molar refractivity (Wildman–Crippen MR) is 121 cm³/mol. The molecule has 0 atom stereocenters. The molecule has 3 aromatic rings. The van der Waals surface area contributed by atoms with Crippen LogP contribution in [0.25, 0.3) is 0 Å². The molecule has 0 saturated heterocycles. The highest BCUT2D eigenvalue weighted by Gasteiger charge is 2.15. The van der Waals surface area contributed by atoms with Crippen molar-refractivity contribution in [3.05, 3.63) is 69.8 Å². The van der Waals surface area contributed by atoms with Gasteiger partial charge in [-0.3, -0.25) is 4.72 Å². The van der Waals surface area contributed by atoms with Crippen LogP contribution in [-0.4, -0.2) is 23.7 Å². The lowest BCUT2D eigenvalue weighted by molar-refractivity contribution is 0.601. The van der Waals surface area contributed by atoms with Crippen LogP contribution in [0, 0.1) is 0 Å². The third-order valence-electron chi connectivity index (χ3n) is 3.47. The largest absolute Gasteiger partial charge is 0.332 e. The first-order valence-electron chi connectivity index (χ1n) is 7.88. The molecule has 0 aliphatic heterocycles. The van der Waals surface area contributed by atoms with E-state index in [-0.39, 0.29) is 21.0 Å². The Hall–Kier alpha value is -2.17. The van der Waals surface area contributed by atoms with Gasteiger partial charge < -0.3 is 10.6 Å². The summed E-state index contributed by atoms with van der Waals surface area (Å²) < 4.78 is 27.2. The van der Waals surface area contributed by atoms with Crippen LogP contribution in [0.4, 0.5) is 17.2 Å². The van der Waals surface area contributed by atoms with Crippen LogP contribution in [0.5, 0.6) is 0 Å². The summed E-state index contributed by atoms with van der Waals surface area (Å²) in [4.78, 5) is 0.0411. The molecule has 0 unspecified atom stereocenters. The number of nitrogens with one attached hydrogen (secondary N) is 3. The van der Waals surface area contributed by atoms with Gasteiger partial charge in [0.15, 0.2) is 16.1 Å². The van der Waals surface area contributed by atoms with E-state index in [1.165, 1.54) is 24.3 Å². The van der Waals surface area contributed by atoms with Crippen molar-refractivity contribution < 1.29 is 8.42 Å². The number of halogens is 3. The highest BCUT2D eigenvalue weighted by molar-refractivity contribution is 7.92. The van der Waals surface area contributed by atoms with Crippen LogP contribution in [0.15, 0.2) is 59.5 Å². The van der Waals surface area contributed by atoms with Crippen molar-refractivity contribution in [1.82, 2.24) is 10.2 Å². The molecular formula is C17H12Cl3N5O2S2. The maximum Gasteiger partial charge on any atom is 0.263 e. The number of nitrogens with zero attached hydrogens (tertiary/aromatic N) is 2. The molecule has 2 aromatic carbocycles. The van der Waals surface area contributed by atoms with Crippen molar-refractivity contribution >= 4 is 79.3 Å². The summed E-state index contributed by atoms with van der Waals surface area (Å²) in [5, 5.41) is 14.5. The van der Waals surface area contributed by atoms with Crippen molar-refractivity contribution in [2.24, 2.45) is 0 Å². The average Bonchev–Trinajstić information content (AvgIpc) is 2.66. The van der Waals surface area contributed by atoms with Gasteiger partial charge in [-0.1, -0.05) is 34.8 Å². The van der Waals surface area contributed by atoms with Crippen LogP contribution >= 0.6 is 47.0 Å². The Bertz CT molecular complexity index is 1140. The summed E-state index contributed by atoms with van der Waals surface area (Å²) in [7, 11) is -3.83. The second-order valence-electron chi connectivity index (χ2n) is 5.57. The summed E-state index contributed by atoms with van der Waals surface area (Å²) >= 11 is 22.8. The first kappa shape index (κ1) is 21.5. The lowest BCUT2D eigenvalue weighted by Crippen LogP contribution is -2.19. The first-order chi connectivity index (χ1) is 13.7. The molecule has 0 aliphatic carbocycles. The summed E-state index contributed by atoms with van der Waals surface area (Å²) in [6, 6.07) is 13.8. The molecule has 1 aromatic heterocycles. The zero-order chi connectivity index (χ0) is 21.0. The van der Waals surface area contributed by atoms with Gasteiger partial charge in [0.2, 0.25) is 0 Å². The van der Waals surface area contributed by atoms with E-state index in [0.29, 0.717) is 21.4 Å². The van der Waals surface area contributed by atoms with E-state index in [0.717, 1.165) is 0 Å². The minimum Gasteiger partial charge on any atom is -0.332 e. The SMILES string of the molecule is O=S(=O)(Nc1ccc(Cl)nn1)c1ccc(NC(=S)Nc2ccc(Cl)cc2Cl)cc1. The van der Waals surface area contributed by atoms with E-state index in [1.807, 2.05) is 0 Å². The summed E-state index contributed by atoms with van der Waals surface area (Å²) in [5.41, 5.74) is 1.17. The lowest BCUT2D eigenvalue weighted by Gasteiger charge is -2.12. The van der Waals surface area contributed by atoms with Crippen LogP contribution in [0.2, 0.25) is 15.2 Å². The third kappa shape index (κ3) is 5.91. The molecule has 0 aliphatic rings. The molecule has 0 fully saturated rings.